The summed E-state index contributed by atoms with van der Waals surface area (Å²) >= 11 is 0. The van der Waals surface area contributed by atoms with Crippen LogP contribution in [0.4, 0.5) is 17.1 Å². The second-order valence-corrected chi connectivity index (χ2v) is 15.3. The van der Waals surface area contributed by atoms with Gasteiger partial charge >= 0.3 is 0 Å². The Bertz CT molecular complexity index is 2370. The van der Waals surface area contributed by atoms with Crippen LogP contribution in [0.1, 0.15) is 52.7 Å². The average Bonchev–Trinajstić information content (AvgIpc) is 3.66. The SMILES string of the molecule is CC(C)(C)c1ccc(N(c2ccc(C(C)(C)C)cc2)c2cccc(-n3c4ccccc4c4cc5c(ccn5-c5ccccc5)cc43)c2)cc1. The van der Waals surface area contributed by atoms with Crippen LogP contribution in [0.2, 0.25) is 0 Å². The molecule has 0 aliphatic rings. The van der Waals surface area contributed by atoms with E-state index >= 15 is 0 Å². The molecule has 0 radical (unpaired) electrons. The zero-order valence-corrected chi connectivity index (χ0v) is 29.3. The van der Waals surface area contributed by atoms with Crippen LogP contribution in [-0.2, 0) is 10.8 Å². The molecule has 0 atom stereocenters. The molecule has 0 amide bonds. The average molecular weight is 638 g/mol. The molecular weight excluding hydrogens is 595 g/mol. The molecule has 2 aromatic heterocycles. The van der Waals surface area contributed by atoms with Gasteiger partial charge in [0.2, 0.25) is 0 Å². The highest BCUT2D eigenvalue weighted by molar-refractivity contribution is 6.13. The van der Waals surface area contributed by atoms with Gasteiger partial charge in [-0.2, -0.15) is 0 Å². The van der Waals surface area contributed by atoms with E-state index in [1.165, 1.54) is 49.5 Å². The van der Waals surface area contributed by atoms with E-state index in [4.69, 9.17) is 0 Å². The van der Waals surface area contributed by atoms with Crippen LogP contribution < -0.4 is 4.90 Å². The molecule has 0 unspecified atom stereocenters. The number of hydrogen-bond acceptors (Lipinski definition) is 1. The molecule has 2 heterocycles. The highest BCUT2D eigenvalue weighted by Crippen LogP contribution is 2.40. The van der Waals surface area contributed by atoms with Crippen LogP contribution in [0.5, 0.6) is 0 Å². The van der Waals surface area contributed by atoms with Crippen molar-refractivity contribution in [2.45, 2.75) is 52.4 Å². The van der Waals surface area contributed by atoms with Crippen molar-refractivity contribution in [3.63, 3.8) is 0 Å². The number of para-hydroxylation sites is 2. The van der Waals surface area contributed by atoms with E-state index in [1.807, 2.05) is 0 Å². The van der Waals surface area contributed by atoms with E-state index in [0.717, 1.165) is 22.7 Å². The maximum absolute atomic E-state index is 2.43. The Labute approximate surface area is 289 Å². The fraction of sp³-hybridized carbons (Fsp3) is 0.174. The Kier molecular flexibility index (Phi) is 7.26. The van der Waals surface area contributed by atoms with E-state index < -0.39 is 0 Å². The van der Waals surface area contributed by atoms with Gasteiger partial charge in [0.25, 0.3) is 0 Å². The smallest absolute Gasteiger partial charge is 0.0548 e. The summed E-state index contributed by atoms with van der Waals surface area (Å²) < 4.78 is 4.71. The first kappa shape index (κ1) is 30.8. The third-order valence-corrected chi connectivity index (χ3v) is 9.85. The van der Waals surface area contributed by atoms with Crippen molar-refractivity contribution >= 4 is 49.8 Å². The number of hydrogen-bond donors (Lipinski definition) is 0. The monoisotopic (exact) mass is 637 g/mol. The van der Waals surface area contributed by atoms with Crippen LogP contribution >= 0.6 is 0 Å². The van der Waals surface area contributed by atoms with Gasteiger partial charge in [-0.15, -0.1) is 0 Å². The molecular formula is C46H43N3. The summed E-state index contributed by atoms with van der Waals surface area (Å²) in [5.74, 6) is 0. The number of fused-ring (bicyclic) bond motifs is 4. The zero-order valence-electron chi connectivity index (χ0n) is 29.3. The Morgan fingerprint density at radius 3 is 1.65 bits per heavy atom. The molecule has 8 rings (SSSR count). The highest BCUT2D eigenvalue weighted by Gasteiger charge is 2.20. The fourth-order valence-electron chi connectivity index (χ4n) is 7.13. The van der Waals surface area contributed by atoms with Gasteiger partial charge in [-0.05, 0) is 101 Å². The first-order chi connectivity index (χ1) is 23.6. The van der Waals surface area contributed by atoms with Crippen LogP contribution in [0, 0.1) is 0 Å². The maximum atomic E-state index is 2.43. The lowest BCUT2D eigenvalue weighted by molar-refractivity contribution is 0.590. The topological polar surface area (TPSA) is 13.1 Å². The summed E-state index contributed by atoms with van der Waals surface area (Å²) in [7, 11) is 0. The van der Waals surface area contributed by atoms with Crippen molar-refractivity contribution < 1.29 is 0 Å². The lowest BCUT2D eigenvalue weighted by Gasteiger charge is -2.28. The summed E-state index contributed by atoms with van der Waals surface area (Å²) in [6, 6.07) is 53.4. The van der Waals surface area contributed by atoms with Crippen molar-refractivity contribution in [2.75, 3.05) is 4.90 Å². The van der Waals surface area contributed by atoms with Gasteiger partial charge in [-0.3, -0.25) is 0 Å². The number of benzene rings is 6. The van der Waals surface area contributed by atoms with Crippen molar-refractivity contribution in [1.82, 2.24) is 9.13 Å². The van der Waals surface area contributed by atoms with Gasteiger partial charge in [0.1, 0.15) is 0 Å². The number of aromatic nitrogens is 2. The minimum Gasteiger partial charge on any atom is -0.317 e. The summed E-state index contributed by atoms with van der Waals surface area (Å²) in [5.41, 5.74) is 12.1. The molecule has 3 heteroatoms. The number of rotatable bonds is 5. The number of anilines is 3. The molecule has 6 aromatic carbocycles. The van der Waals surface area contributed by atoms with Crippen LogP contribution in [0.15, 0.2) is 152 Å². The van der Waals surface area contributed by atoms with Gasteiger partial charge in [0, 0.05) is 50.8 Å². The Hall–Kier alpha value is -5.54. The number of nitrogens with zero attached hydrogens (tertiary/aromatic N) is 3. The van der Waals surface area contributed by atoms with E-state index in [2.05, 4.69) is 207 Å². The molecule has 242 valence electrons. The van der Waals surface area contributed by atoms with Gasteiger partial charge < -0.3 is 14.0 Å². The third kappa shape index (κ3) is 5.50. The Morgan fingerprint density at radius 1 is 0.429 bits per heavy atom. The summed E-state index contributed by atoms with van der Waals surface area (Å²) in [6.45, 7) is 13.6. The Morgan fingerprint density at radius 2 is 1.02 bits per heavy atom. The minimum absolute atomic E-state index is 0.0850. The van der Waals surface area contributed by atoms with Gasteiger partial charge in [0.15, 0.2) is 0 Å². The fourth-order valence-corrected chi connectivity index (χ4v) is 7.13. The van der Waals surface area contributed by atoms with E-state index in [1.54, 1.807) is 0 Å². The van der Waals surface area contributed by atoms with Gasteiger partial charge in [-0.25, -0.2) is 0 Å². The second kappa shape index (κ2) is 11.6. The first-order valence-corrected chi connectivity index (χ1v) is 17.3. The molecule has 0 spiro atoms. The maximum Gasteiger partial charge on any atom is 0.0548 e. The van der Waals surface area contributed by atoms with Crippen molar-refractivity contribution in [1.29, 1.82) is 0 Å². The third-order valence-electron chi connectivity index (χ3n) is 9.85. The van der Waals surface area contributed by atoms with E-state index in [-0.39, 0.29) is 10.8 Å². The Balaban J connectivity index is 1.31. The van der Waals surface area contributed by atoms with E-state index in [0.29, 0.717) is 0 Å². The molecule has 0 N–H and O–H groups in total. The normalized spacial score (nSPS) is 12.3. The lowest BCUT2D eigenvalue weighted by atomic mass is 9.86. The first-order valence-electron chi connectivity index (χ1n) is 17.3. The largest absolute Gasteiger partial charge is 0.317 e. The molecule has 0 saturated carbocycles. The summed E-state index contributed by atoms with van der Waals surface area (Å²) in [5, 5.41) is 3.71. The predicted octanol–water partition coefficient (Wildman–Crippen LogP) is 12.8. The van der Waals surface area contributed by atoms with Crippen LogP contribution in [0.25, 0.3) is 44.1 Å². The van der Waals surface area contributed by atoms with Crippen molar-refractivity contribution in [3.8, 4) is 11.4 Å². The molecule has 8 aromatic rings. The minimum atomic E-state index is 0.0850. The standard InChI is InChI=1S/C46H43N3/c1-45(2,3)33-19-23-36(24-20-33)48(37-25-21-34(22-26-37)46(4,5)6)38-15-12-16-39(30-38)49-42-18-11-10-17-40(42)41-31-43-32(29-44(41)49)27-28-47(43)35-13-8-7-9-14-35/h7-31H,1-6H3. The summed E-state index contributed by atoms with van der Waals surface area (Å²) in [4.78, 5) is 2.38. The molecule has 0 bridgehead atoms. The molecule has 0 fully saturated rings. The van der Waals surface area contributed by atoms with Gasteiger partial charge in [0.05, 0.1) is 16.6 Å². The second-order valence-electron chi connectivity index (χ2n) is 15.3. The van der Waals surface area contributed by atoms with Crippen molar-refractivity contribution in [3.05, 3.63) is 163 Å². The van der Waals surface area contributed by atoms with Gasteiger partial charge in [-0.1, -0.05) is 108 Å². The molecule has 3 nitrogen and oxygen atoms in total. The quantitative estimate of drug-likeness (QED) is 0.183. The van der Waals surface area contributed by atoms with Crippen molar-refractivity contribution in [2.24, 2.45) is 0 Å². The molecule has 0 aliphatic carbocycles. The van der Waals surface area contributed by atoms with Crippen LogP contribution in [0.3, 0.4) is 0 Å². The summed E-state index contributed by atoms with van der Waals surface area (Å²) in [6.07, 6.45) is 2.18. The molecule has 0 saturated heterocycles. The molecule has 0 aliphatic heterocycles. The molecule has 49 heavy (non-hydrogen) atoms. The highest BCUT2D eigenvalue weighted by atomic mass is 15.1. The zero-order chi connectivity index (χ0) is 33.9. The lowest BCUT2D eigenvalue weighted by Crippen LogP contribution is -2.14. The predicted molar refractivity (Wildman–Crippen MR) is 210 cm³/mol. The van der Waals surface area contributed by atoms with E-state index in [9.17, 15) is 0 Å². The van der Waals surface area contributed by atoms with Crippen LogP contribution in [-0.4, -0.2) is 9.13 Å².